The first kappa shape index (κ1) is 27.7. The number of benzene rings is 2. The molecule has 1 spiro atoms. The molecule has 0 bridgehead atoms. The Morgan fingerprint density at radius 1 is 1.00 bits per heavy atom. The van der Waals surface area contributed by atoms with E-state index in [0.717, 1.165) is 48.3 Å². The number of carbonyl (C=O) groups excluding carboxylic acids is 1. The smallest absolute Gasteiger partial charge is 0.317 e. The molecule has 5 rings (SSSR count). The molecule has 0 radical (unpaired) electrons. The van der Waals surface area contributed by atoms with E-state index in [4.69, 9.17) is 58.0 Å². The third-order valence-electron chi connectivity index (χ3n) is 7.46. The predicted molar refractivity (Wildman–Crippen MR) is 159 cm³/mol. The normalized spacial score (nSPS) is 20.1. The molecule has 1 saturated heterocycles. The number of rotatable bonds is 5. The Kier molecular flexibility index (Phi) is 8.28. The van der Waals surface area contributed by atoms with Crippen molar-refractivity contribution in [2.45, 2.75) is 24.8 Å². The number of urea groups is 1. The minimum atomic E-state index is -0.218. The summed E-state index contributed by atoms with van der Waals surface area (Å²) in [5, 5.41) is 9.01. The molecule has 38 heavy (non-hydrogen) atoms. The van der Waals surface area contributed by atoms with Gasteiger partial charge in [-0.05, 0) is 79.5 Å². The molecular formula is C28H26Cl5N4O+. The summed E-state index contributed by atoms with van der Waals surface area (Å²) < 4.78 is 0.0297. The second-order valence-electron chi connectivity index (χ2n) is 9.84. The summed E-state index contributed by atoms with van der Waals surface area (Å²) in [6, 6.07) is 12.6. The van der Waals surface area contributed by atoms with E-state index in [0.29, 0.717) is 44.9 Å². The number of nitrogens with zero attached hydrogens (tertiary/aromatic N) is 2. The molecule has 0 saturated carbocycles. The van der Waals surface area contributed by atoms with Crippen LogP contribution in [-0.4, -0.2) is 37.2 Å². The lowest BCUT2D eigenvalue weighted by Crippen LogP contribution is -2.60. The SMILES string of the molecule is O=C(NCc1ccnc(Cl)c1)[N+]1(C/C=C/c2ccc(Cl)c(Cl)c2)CC2(CCNCC2)c2cc(Cl)cc(Cl)c21. The molecule has 1 unspecified atom stereocenters. The van der Waals surface area contributed by atoms with Crippen molar-refractivity contribution >= 4 is 75.8 Å². The van der Waals surface area contributed by atoms with Crippen LogP contribution in [0.15, 0.2) is 54.7 Å². The van der Waals surface area contributed by atoms with Gasteiger partial charge < -0.3 is 10.6 Å². The zero-order valence-corrected chi connectivity index (χ0v) is 24.2. The van der Waals surface area contributed by atoms with Gasteiger partial charge in [-0.2, -0.15) is 0 Å². The standard InChI is InChI=1S/C28H25Cl5N4O/c29-20-14-21-26(24(32)15-20)37(17-28(21)6-9-34-10-7-28,11-1-2-18-3-4-22(30)23(31)12-18)27(38)36-16-19-5-8-35-25(33)13-19/h1-5,8,12-15,34H,6-7,9-11,16-17H2/p+1/b2-1+. The summed E-state index contributed by atoms with van der Waals surface area (Å²) in [4.78, 5) is 18.3. The van der Waals surface area contributed by atoms with E-state index in [1.54, 1.807) is 30.5 Å². The number of piperidine rings is 1. The maximum atomic E-state index is 14.2. The van der Waals surface area contributed by atoms with Gasteiger partial charge in [-0.25, -0.2) is 14.3 Å². The number of nitrogens with one attached hydrogen (secondary N) is 2. The molecule has 1 fully saturated rings. The number of hydrogen-bond acceptors (Lipinski definition) is 3. The van der Waals surface area contributed by atoms with Gasteiger partial charge in [-0.3, -0.25) is 0 Å². The van der Waals surface area contributed by atoms with Gasteiger partial charge in [-0.15, -0.1) is 0 Å². The summed E-state index contributed by atoms with van der Waals surface area (Å²) in [5.74, 6) is 0. The van der Waals surface area contributed by atoms with Crippen LogP contribution in [0.2, 0.25) is 25.2 Å². The van der Waals surface area contributed by atoms with Gasteiger partial charge in [0.15, 0.2) is 5.69 Å². The van der Waals surface area contributed by atoms with Crippen molar-refractivity contribution in [1.82, 2.24) is 20.1 Å². The molecule has 2 aliphatic heterocycles. The highest BCUT2D eigenvalue weighted by molar-refractivity contribution is 6.42. The Hall–Kier alpha value is -1.83. The first-order valence-corrected chi connectivity index (χ1v) is 14.2. The Morgan fingerprint density at radius 2 is 1.79 bits per heavy atom. The Morgan fingerprint density at radius 3 is 2.53 bits per heavy atom. The van der Waals surface area contributed by atoms with Crippen LogP contribution >= 0.6 is 58.0 Å². The molecule has 2 amide bonds. The van der Waals surface area contributed by atoms with Gasteiger partial charge >= 0.3 is 6.03 Å². The van der Waals surface area contributed by atoms with Crippen LogP contribution in [0.5, 0.6) is 0 Å². The van der Waals surface area contributed by atoms with Crippen molar-refractivity contribution in [2.75, 3.05) is 26.2 Å². The zero-order valence-electron chi connectivity index (χ0n) is 20.4. The van der Waals surface area contributed by atoms with Crippen LogP contribution in [0.4, 0.5) is 10.5 Å². The maximum absolute atomic E-state index is 14.2. The second kappa shape index (κ2) is 11.3. The zero-order chi connectivity index (χ0) is 26.9. The number of hydrogen-bond donors (Lipinski definition) is 2. The van der Waals surface area contributed by atoms with E-state index in [9.17, 15) is 4.79 Å². The average molecular weight is 612 g/mol. The van der Waals surface area contributed by atoms with Crippen LogP contribution in [0.3, 0.4) is 0 Å². The van der Waals surface area contributed by atoms with Crippen molar-refractivity contribution < 1.29 is 4.79 Å². The predicted octanol–water partition coefficient (Wildman–Crippen LogP) is 7.91. The number of aromatic nitrogens is 1. The number of quaternary nitrogens is 1. The topological polar surface area (TPSA) is 54.0 Å². The molecule has 3 aromatic rings. The monoisotopic (exact) mass is 609 g/mol. The summed E-state index contributed by atoms with van der Waals surface area (Å²) in [7, 11) is 0. The van der Waals surface area contributed by atoms with Crippen LogP contribution in [-0.2, 0) is 12.0 Å². The number of pyridine rings is 1. The van der Waals surface area contributed by atoms with E-state index in [1.807, 2.05) is 30.4 Å². The Bertz CT molecular complexity index is 1410. The maximum Gasteiger partial charge on any atom is 0.422 e. The van der Waals surface area contributed by atoms with Crippen LogP contribution in [0.1, 0.15) is 29.5 Å². The van der Waals surface area contributed by atoms with Crippen LogP contribution in [0.25, 0.3) is 6.08 Å². The third-order valence-corrected chi connectivity index (χ3v) is 8.91. The first-order valence-electron chi connectivity index (χ1n) is 12.3. The van der Waals surface area contributed by atoms with E-state index >= 15 is 0 Å². The van der Waals surface area contributed by atoms with Gasteiger partial charge in [0.2, 0.25) is 0 Å². The van der Waals surface area contributed by atoms with E-state index in [1.165, 1.54) is 0 Å². The molecule has 1 atom stereocenters. The number of halogens is 5. The fraction of sp³-hybridized carbons (Fsp3) is 0.286. The highest BCUT2D eigenvalue weighted by Gasteiger charge is 2.58. The second-order valence-corrected chi connectivity index (χ2v) is 11.9. The van der Waals surface area contributed by atoms with E-state index in [2.05, 4.69) is 15.6 Å². The molecule has 2 aliphatic rings. The Labute approximate surface area is 247 Å². The van der Waals surface area contributed by atoms with Gasteiger partial charge in [-0.1, -0.05) is 70.1 Å². The van der Waals surface area contributed by atoms with E-state index in [-0.39, 0.29) is 15.9 Å². The van der Waals surface area contributed by atoms with Gasteiger partial charge in [0.25, 0.3) is 0 Å². The van der Waals surface area contributed by atoms with Crippen molar-refractivity contribution in [2.24, 2.45) is 0 Å². The number of fused-ring (bicyclic) bond motifs is 2. The molecule has 2 aromatic carbocycles. The molecule has 2 N–H and O–H groups in total. The van der Waals surface area contributed by atoms with Gasteiger partial charge in [0.1, 0.15) is 23.3 Å². The van der Waals surface area contributed by atoms with Gasteiger partial charge in [0.05, 0.1) is 15.5 Å². The minimum Gasteiger partial charge on any atom is -0.317 e. The van der Waals surface area contributed by atoms with Crippen molar-refractivity contribution in [3.63, 3.8) is 0 Å². The fourth-order valence-electron chi connectivity index (χ4n) is 5.70. The Balaban J connectivity index is 1.55. The van der Waals surface area contributed by atoms with Crippen molar-refractivity contribution in [3.8, 4) is 0 Å². The largest absolute Gasteiger partial charge is 0.422 e. The number of carbonyl (C=O) groups is 1. The lowest BCUT2D eigenvalue weighted by molar-refractivity contribution is 0.189. The minimum absolute atomic E-state index is 0.0297. The van der Waals surface area contributed by atoms with Crippen LogP contribution < -0.4 is 15.1 Å². The summed E-state index contributed by atoms with van der Waals surface area (Å²) >= 11 is 31.8. The van der Waals surface area contributed by atoms with Crippen LogP contribution in [0, 0.1) is 0 Å². The lowest BCUT2D eigenvalue weighted by atomic mass is 9.75. The molecule has 5 nitrogen and oxygen atoms in total. The van der Waals surface area contributed by atoms with Crippen molar-refractivity contribution in [3.05, 3.63) is 96.7 Å². The quantitative estimate of drug-likeness (QED) is 0.228. The lowest BCUT2D eigenvalue weighted by Gasteiger charge is -2.36. The molecule has 3 heterocycles. The first-order chi connectivity index (χ1) is 18.2. The average Bonchev–Trinajstić information content (AvgIpc) is 3.15. The highest BCUT2D eigenvalue weighted by Crippen LogP contribution is 2.54. The molecule has 1 aromatic heterocycles. The summed E-state index contributed by atoms with van der Waals surface area (Å²) in [5.41, 5.74) is 3.40. The van der Waals surface area contributed by atoms with Gasteiger partial charge in [0, 0.05) is 23.3 Å². The summed E-state index contributed by atoms with van der Waals surface area (Å²) in [6.07, 6.45) is 7.36. The number of amides is 2. The fourth-order valence-corrected chi connectivity index (χ4v) is 6.86. The third kappa shape index (κ3) is 5.44. The molecule has 198 valence electrons. The highest BCUT2D eigenvalue weighted by atomic mass is 35.5. The summed E-state index contributed by atoms with van der Waals surface area (Å²) in [6.45, 7) is 3.01. The molecule has 0 aliphatic carbocycles. The molecule has 10 heteroatoms. The van der Waals surface area contributed by atoms with Crippen molar-refractivity contribution in [1.29, 1.82) is 0 Å². The van der Waals surface area contributed by atoms with E-state index < -0.39 is 0 Å². The molecular weight excluding hydrogens is 586 g/mol.